The molecule has 0 aromatic heterocycles. The van der Waals surface area contributed by atoms with E-state index in [0.717, 1.165) is 36.6 Å². The zero-order chi connectivity index (χ0) is 14.5. The molecule has 20 heavy (non-hydrogen) atoms. The average molecular weight is 280 g/mol. The fraction of sp³-hybridized carbons (Fsp3) is 0.600. The van der Waals surface area contributed by atoms with E-state index in [4.69, 9.17) is 9.47 Å². The van der Waals surface area contributed by atoms with Crippen LogP contribution in [0, 0.1) is 0 Å². The maximum atomic E-state index is 10.3. The van der Waals surface area contributed by atoms with Gasteiger partial charge >= 0.3 is 0 Å². The van der Waals surface area contributed by atoms with E-state index in [2.05, 4.69) is 23.9 Å². The number of hydrogen-bond acceptors (Lipinski definition) is 5. The third-order valence-electron chi connectivity index (χ3n) is 3.41. The molecule has 0 saturated heterocycles. The van der Waals surface area contributed by atoms with E-state index in [1.54, 1.807) is 0 Å². The van der Waals surface area contributed by atoms with Gasteiger partial charge in [0.2, 0.25) is 6.79 Å². The first-order valence-corrected chi connectivity index (χ1v) is 6.97. The highest BCUT2D eigenvalue weighted by Crippen LogP contribution is 2.34. The lowest BCUT2D eigenvalue weighted by Gasteiger charge is -2.21. The largest absolute Gasteiger partial charge is 0.454 e. The molecule has 0 bridgehead atoms. The standard InChI is InChI=1S/C15H24N2O3/c1-16(2)7-4-8-17(3)10-13(18)12-5-6-14-15(9-12)20-11-19-14/h5-6,9,13,18H,4,7-8,10-11H2,1-3H3. The van der Waals surface area contributed by atoms with E-state index in [9.17, 15) is 5.11 Å². The van der Waals surface area contributed by atoms with Crippen LogP contribution in [0.3, 0.4) is 0 Å². The third kappa shape index (κ3) is 4.10. The SMILES string of the molecule is CN(C)CCCN(C)CC(O)c1ccc2c(c1)OCO2. The molecule has 2 rings (SSSR count). The summed E-state index contributed by atoms with van der Waals surface area (Å²) in [6, 6.07) is 5.61. The van der Waals surface area contributed by atoms with Crippen LogP contribution < -0.4 is 9.47 Å². The monoisotopic (exact) mass is 280 g/mol. The predicted octanol–water partition coefficient (Wildman–Crippen LogP) is 1.33. The van der Waals surface area contributed by atoms with Crippen molar-refractivity contribution in [3.63, 3.8) is 0 Å². The molecule has 1 heterocycles. The van der Waals surface area contributed by atoms with Crippen LogP contribution in [0.1, 0.15) is 18.1 Å². The summed E-state index contributed by atoms with van der Waals surface area (Å²) < 4.78 is 10.6. The summed E-state index contributed by atoms with van der Waals surface area (Å²) in [7, 11) is 6.18. The number of aliphatic hydroxyl groups is 1. The normalized spacial score (nSPS) is 15.1. The minimum atomic E-state index is -0.506. The first-order chi connectivity index (χ1) is 9.56. The minimum absolute atomic E-state index is 0.263. The van der Waals surface area contributed by atoms with Crippen molar-refractivity contribution in [2.24, 2.45) is 0 Å². The van der Waals surface area contributed by atoms with Gasteiger partial charge in [0, 0.05) is 6.54 Å². The first kappa shape index (κ1) is 15.1. The van der Waals surface area contributed by atoms with Gasteiger partial charge in [0.05, 0.1) is 6.10 Å². The molecular formula is C15H24N2O3. The Labute approximate surface area is 120 Å². The molecule has 112 valence electrons. The van der Waals surface area contributed by atoms with Crippen molar-refractivity contribution in [3.8, 4) is 11.5 Å². The molecule has 1 aromatic carbocycles. The average Bonchev–Trinajstić information content (AvgIpc) is 2.85. The van der Waals surface area contributed by atoms with Crippen molar-refractivity contribution in [1.29, 1.82) is 0 Å². The molecule has 0 aliphatic carbocycles. The van der Waals surface area contributed by atoms with E-state index in [1.807, 2.05) is 25.2 Å². The summed E-state index contributed by atoms with van der Waals surface area (Å²) in [6.45, 7) is 2.91. The highest BCUT2D eigenvalue weighted by atomic mass is 16.7. The Kier molecular flexibility index (Phi) is 5.23. The number of rotatable bonds is 7. The Hall–Kier alpha value is -1.30. The molecule has 1 N–H and O–H groups in total. The van der Waals surface area contributed by atoms with Crippen molar-refractivity contribution < 1.29 is 14.6 Å². The number of nitrogens with zero attached hydrogens (tertiary/aromatic N) is 2. The van der Waals surface area contributed by atoms with Gasteiger partial charge < -0.3 is 24.4 Å². The second-order valence-electron chi connectivity index (χ2n) is 5.55. The highest BCUT2D eigenvalue weighted by Gasteiger charge is 2.17. The Bertz CT molecular complexity index is 437. The van der Waals surface area contributed by atoms with Crippen molar-refractivity contribution in [2.75, 3.05) is 47.6 Å². The summed E-state index contributed by atoms with van der Waals surface area (Å²) in [6.07, 6.45) is 0.589. The zero-order valence-electron chi connectivity index (χ0n) is 12.5. The molecule has 1 aliphatic rings. The quantitative estimate of drug-likeness (QED) is 0.816. The van der Waals surface area contributed by atoms with Crippen LogP contribution in [0.2, 0.25) is 0 Å². The molecule has 1 atom stereocenters. The molecule has 5 nitrogen and oxygen atoms in total. The van der Waals surface area contributed by atoms with E-state index in [1.165, 1.54) is 0 Å². The molecule has 5 heteroatoms. The fourth-order valence-electron chi connectivity index (χ4n) is 2.27. The number of likely N-dealkylation sites (N-methyl/N-ethyl adjacent to an activating group) is 1. The van der Waals surface area contributed by atoms with Gasteiger partial charge in [0.25, 0.3) is 0 Å². The van der Waals surface area contributed by atoms with E-state index in [-0.39, 0.29) is 6.79 Å². The van der Waals surface area contributed by atoms with Gasteiger partial charge in [-0.15, -0.1) is 0 Å². The second-order valence-corrected chi connectivity index (χ2v) is 5.55. The summed E-state index contributed by atoms with van der Waals surface area (Å²) in [5.41, 5.74) is 0.869. The molecule has 0 saturated carbocycles. The molecule has 1 aromatic rings. The molecule has 0 amide bonds. The molecule has 1 unspecified atom stereocenters. The van der Waals surface area contributed by atoms with Crippen LogP contribution in [-0.4, -0.2) is 62.5 Å². The van der Waals surface area contributed by atoms with Gasteiger partial charge in [-0.2, -0.15) is 0 Å². The number of hydrogen-bond donors (Lipinski definition) is 1. The van der Waals surface area contributed by atoms with Gasteiger partial charge in [-0.3, -0.25) is 0 Å². The molecule has 1 aliphatic heterocycles. The van der Waals surface area contributed by atoms with Gasteiger partial charge in [0.1, 0.15) is 0 Å². The number of benzene rings is 1. The summed E-state index contributed by atoms with van der Waals surface area (Å²) >= 11 is 0. The Balaban J connectivity index is 1.83. The van der Waals surface area contributed by atoms with Gasteiger partial charge in [-0.25, -0.2) is 0 Å². The lowest BCUT2D eigenvalue weighted by molar-refractivity contribution is 0.124. The zero-order valence-corrected chi connectivity index (χ0v) is 12.5. The van der Waals surface area contributed by atoms with Crippen LogP contribution in [0.15, 0.2) is 18.2 Å². The Morgan fingerprint density at radius 3 is 2.65 bits per heavy atom. The molecular weight excluding hydrogens is 256 g/mol. The smallest absolute Gasteiger partial charge is 0.231 e. The van der Waals surface area contributed by atoms with Crippen molar-refractivity contribution in [3.05, 3.63) is 23.8 Å². The van der Waals surface area contributed by atoms with Crippen LogP contribution in [0.25, 0.3) is 0 Å². The third-order valence-corrected chi connectivity index (χ3v) is 3.41. The fourth-order valence-corrected chi connectivity index (χ4v) is 2.27. The van der Waals surface area contributed by atoms with E-state index >= 15 is 0 Å². The van der Waals surface area contributed by atoms with E-state index < -0.39 is 6.10 Å². The number of ether oxygens (including phenoxy) is 2. The lowest BCUT2D eigenvalue weighted by atomic mass is 10.1. The van der Waals surface area contributed by atoms with Crippen molar-refractivity contribution in [2.45, 2.75) is 12.5 Å². The Morgan fingerprint density at radius 1 is 1.15 bits per heavy atom. The van der Waals surface area contributed by atoms with Gasteiger partial charge in [0.15, 0.2) is 11.5 Å². The maximum Gasteiger partial charge on any atom is 0.231 e. The van der Waals surface area contributed by atoms with E-state index in [0.29, 0.717) is 6.54 Å². The number of aliphatic hydroxyl groups excluding tert-OH is 1. The van der Waals surface area contributed by atoms with Crippen molar-refractivity contribution in [1.82, 2.24) is 9.80 Å². The molecule has 0 spiro atoms. The minimum Gasteiger partial charge on any atom is -0.454 e. The highest BCUT2D eigenvalue weighted by molar-refractivity contribution is 5.45. The van der Waals surface area contributed by atoms with Crippen molar-refractivity contribution >= 4 is 0 Å². The van der Waals surface area contributed by atoms with Crippen LogP contribution >= 0.6 is 0 Å². The van der Waals surface area contributed by atoms with Gasteiger partial charge in [-0.05, 0) is 58.3 Å². The number of fused-ring (bicyclic) bond motifs is 1. The predicted molar refractivity (Wildman–Crippen MR) is 78.2 cm³/mol. The molecule has 0 fully saturated rings. The lowest BCUT2D eigenvalue weighted by Crippen LogP contribution is -2.27. The summed E-state index contributed by atoms with van der Waals surface area (Å²) in [4.78, 5) is 4.32. The van der Waals surface area contributed by atoms with Gasteiger partial charge in [-0.1, -0.05) is 6.07 Å². The molecule has 0 radical (unpaired) electrons. The summed E-state index contributed by atoms with van der Waals surface area (Å²) in [5, 5.41) is 10.3. The maximum absolute atomic E-state index is 10.3. The van der Waals surface area contributed by atoms with Crippen LogP contribution in [-0.2, 0) is 0 Å². The van der Waals surface area contributed by atoms with Crippen LogP contribution in [0.4, 0.5) is 0 Å². The Morgan fingerprint density at radius 2 is 1.90 bits per heavy atom. The topological polar surface area (TPSA) is 45.2 Å². The first-order valence-electron chi connectivity index (χ1n) is 6.97. The van der Waals surface area contributed by atoms with Crippen LogP contribution in [0.5, 0.6) is 11.5 Å². The summed E-state index contributed by atoms with van der Waals surface area (Å²) in [5.74, 6) is 1.47. The second kappa shape index (κ2) is 6.92.